The van der Waals surface area contributed by atoms with E-state index in [2.05, 4.69) is 15.4 Å². The maximum atomic E-state index is 13.0. The predicted octanol–water partition coefficient (Wildman–Crippen LogP) is 3.84. The van der Waals surface area contributed by atoms with Crippen LogP contribution < -0.4 is 10.7 Å². The minimum Gasteiger partial charge on any atom is -0.345 e. The van der Waals surface area contributed by atoms with E-state index in [1.165, 1.54) is 6.20 Å². The Morgan fingerprint density at radius 2 is 1.82 bits per heavy atom. The molecule has 2 aromatic heterocycles. The van der Waals surface area contributed by atoms with Crippen LogP contribution in [0.2, 0.25) is 0 Å². The molecule has 2 aromatic carbocycles. The smallest absolute Gasteiger partial charge is 0.261 e. The van der Waals surface area contributed by atoms with Gasteiger partial charge in [-0.25, -0.2) is 4.68 Å². The van der Waals surface area contributed by atoms with Gasteiger partial charge in [0.2, 0.25) is 5.43 Å². The second-order valence-electron chi connectivity index (χ2n) is 6.55. The van der Waals surface area contributed by atoms with Gasteiger partial charge in [-0.05, 0) is 37.1 Å². The molecule has 0 saturated heterocycles. The number of rotatable bonds is 4. The molecule has 6 nitrogen and oxygen atoms in total. The van der Waals surface area contributed by atoms with Crippen LogP contribution in [0, 0.1) is 6.92 Å². The zero-order valence-corrected chi connectivity index (χ0v) is 15.7. The number of fused-ring (bicyclic) bond motifs is 1. The van der Waals surface area contributed by atoms with E-state index in [1.54, 1.807) is 11.6 Å². The number of aromatic amines is 1. The van der Waals surface area contributed by atoms with Crippen molar-refractivity contribution in [1.29, 1.82) is 0 Å². The number of carbonyl (C=O) groups excluding carboxylic acids is 1. The van der Waals surface area contributed by atoms with Gasteiger partial charge >= 0.3 is 0 Å². The average molecular weight is 372 g/mol. The molecule has 0 unspecified atom stereocenters. The minimum atomic E-state index is -0.434. The first-order valence-electron chi connectivity index (χ1n) is 9.16. The van der Waals surface area contributed by atoms with Crippen LogP contribution in [-0.4, -0.2) is 20.7 Å². The lowest BCUT2D eigenvalue weighted by atomic mass is 10.1. The molecule has 2 heterocycles. The van der Waals surface area contributed by atoms with E-state index in [0.29, 0.717) is 22.4 Å². The Kier molecular flexibility index (Phi) is 4.53. The fourth-order valence-corrected chi connectivity index (χ4v) is 3.34. The normalized spacial score (nSPS) is 10.9. The van der Waals surface area contributed by atoms with Crippen LogP contribution in [0.25, 0.3) is 16.7 Å². The number of aromatic nitrogens is 3. The number of benzene rings is 2. The second-order valence-corrected chi connectivity index (χ2v) is 6.55. The van der Waals surface area contributed by atoms with Crippen LogP contribution >= 0.6 is 0 Å². The maximum Gasteiger partial charge on any atom is 0.261 e. The summed E-state index contributed by atoms with van der Waals surface area (Å²) in [5, 5.41) is 7.76. The highest BCUT2D eigenvalue weighted by molar-refractivity contribution is 6.06. The van der Waals surface area contributed by atoms with Gasteiger partial charge in [-0.3, -0.25) is 9.59 Å². The van der Waals surface area contributed by atoms with E-state index in [-0.39, 0.29) is 11.0 Å². The third kappa shape index (κ3) is 2.99. The van der Waals surface area contributed by atoms with Crippen molar-refractivity contribution < 1.29 is 4.79 Å². The highest BCUT2D eigenvalue weighted by Crippen LogP contribution is 2.19. The third-order valence-electron chi connectivity index (χ3n) is 4.78. The van der Waals surface area contributed by atoms with Gasteiger partial charge in [-0.1, -0.05) is 43.3 Å². The van der Waals surface area contributed by atoms with E-state index in [0.717, 1.165) is 17.7 Å². The SMILES string of the molecule is CCc1ccccc1NC(=O)c1c[nH]c2c(c(C)nn2-c2ccccc2)c1=O. The van der Waals surface area contributed by atoms with Gasteiger partial charge in [0.1, 0.15) is 11.2 Å². The van der Waals surface area contributed by atoms with Gasteiger partial charge in [-0.15, -0.1) is 0 Å². The van der Waals surface area contributed by atoms with Crippen LogP contribution in [-0.2, 0) is 6.42 Å². The average Bonchev–Trinajstić information content (AvgIpc) is 3.06. The first-order chi connectivity index (χ1) is 13.6. The Labute approximate surface area is 161 Å². The van der Waals surface area contributed by atoms with Crippen molar-refractivity contribution in [3.63, 3.8) is 0 Å². The van der Waals surface area contributed by atoms with Gasteiger partial charge in [0.15, 0.2) is 0 Å². The molecule has 0 saturated carbocycles. The Morgan fingerprint density at radius 3 is 2.57 bits per heavy atom. The number of para-hydroxylation sites is 2. The van der Waals surface area contributed by atoms with Crippen LogP contribution in [0.15, 0.2) is 65.6 Å². The number of pyridine rings is 1. The molecule has 2 N–H and O–H groups in total. The molecule has 1 amide bonds. The number of amides is 1. The number of H-pyrrole nitrogens is 1. The number of nitrogens with one attached hydrogen (secondary N) is 2. The number of hydrogen-bond donors (Lipinski definition) is 2. The molecule has 0 atom stereocenters. The molecule has 6 heteroatoms. The summed E-state index contributed by atoms with van der Waals surface area (Å²) in [6, 6.07) is 17.1. The van der Waals surface area contributed by atoms with Gasteiger partial charge in [0.25, 0.3) is 5.91 Å². The summed E-state index contributed by atoms with van der Waals surface area (Å²) in [5.41, 5.74) is 3.44. The van der Waals surface area contributed by atoms with Gasteiger partial charge in [0.05, 0.1) is 16.8 Å². The van der Waals surface area contributed by atoms with E-state index in [4.69, 9.17) is 0 Å². The van der Waals surface area contributed by atoms with Crippen molar-refractivity contribution in [2.45, 2.75) is 20.3 Å². The Balaban J connectivity index is 1.77. The van der Waals surface area contributed by atoms with Crippen molar-refractivity contribution >= 4 is 22.6 Å². The quantitative estimate of drug-likeness (QED) is 0.571. The lowest BCUT2D eigenvalue weighted by Gasteiger charge is -2.09. The molecule has 0 aliphatic carbocycles. The van der Waals surface area contributed by atoms with Gasteiger partial charge < -0.3 is 10.3 Å². The van der Waals surface area contributed by atoms with Crippen molar-refractivity contribution in [2.24, 2.45) is 0 Å². The summed E-state index contributed by atoms with van der Waals surface area (Å²) >= 11 is 0. The molecule has 4 aromatic rings. The number of aryl methyl sites for hydroxylation is 2. The second kappa shape index (κ2) is 7.15. The van der Waals surface area contributed by atoms with Crippen LogP contribution in [0.3, 0.4) is 0 Å². The zero-order valence-electron chi connectivity index (χ0n) is 15.7. The molecule has 0 aliphatic heterocycles. The lowest BCUT2D eigenvalue weighted by Crippen LogP contribution is -2.22. The molecule has 0 spiro atoms. The summed E-state index contributed by atoms with van der Waals surface area (Å²) in [6.07, 6.45) is 2.24. The lowest BCUT2D eigenvalue weighted by molar-refractivity contribution is 0.102. The van der Waals surface area contributed by atoms with E-state index < -0.39 is 5.91 Å². The topological polar surface area (TPSA) is 79.8 Å². The van der Waals surface area contributed by atoms with E-state index in [1.807, 2.05) is 61.5 Å². The van der Waals surface area contributed by atoms with Crippen molar-refractivity contribution in [3.8, 4) is 5.69 Å². The summed E-state index contributed by atoms with van der Waals surface area (Å²) in [4.78, 5) is 28.9. The van der Waals surface area contributed by atoms with Crippen LogP contribution in [0.5, 0.6) is 0 Å². The summed E-state index contributed by atoms with van der Waals surface area (Å²) in [5.74, 6) is -0.434. The van der Waals surface area contributed by atoms with E-state index in [9.17, 15) is 9.59 Å². The fourth-order valence-electron chi connectivity index (χ4n) is 3.34. The maximum absolute atomic E-state index is 13.0. The minimum absolute atomic E-state index is 0.0640. The highest BCUT2D eigenvalue weighted by Gasteiger charge is 2.19. The fraction of sp³-hybridized carbons (Fsp3) is 0.136. The van der Waals surface area contributed by atoms with Crippen molar-refractivity contribution in [3.05, 3.63) is 87.8 Å². The molecule has 0 bridgehead atoms. The van der Waals surface area contributed by atoms with Crippen molar-refractivity contribution in [1.82, 2.24) is 14.8 Å². The molecule has 4 rings (SSSR count). The van der Waals surface area contributed by atoms with Crippen LogP contribution in [0.4, 0.5) is 5.69 Å². The molecular formula is C22H20N4O2. The zero-order chi connectivity index (χ0) is 19.7. The van der Waals surface area contributed by atoms with Gasteiger partial charge in [-0.2, -0.15) is 5.10 Å². The number of anilines is 1. The first-order valence-corrected chi connectivity index (χ1v) is 9.16. The van der Waals surface area contributed by atoms with Crippen molar-refractivity contribution in [2.75, 3.05) is 5.32 Å². The Bertz CT molecular complexity index is 1220. The highest BCUT2D eigenvalue weighted by atomic mass is 16.2. The molecule has 0 radical (unpaired) electrons. The largest absolute Gasteiger partial charge is 0.345 e. The number of carbonyl (C=O) groups is 1. The molecule has 0 aliphatic rings. The Hall–Kier alpha value is -3.67. The van der Waals surface area contributed by atoms with Crippen LogP contribution in [0.1, 0.15) is 28.5 Å². The first kappa shape index (κ1) is 17.7. The molecule has 0 fully saturated rings. The monoisotopic (exact) mass is 372 g/mol. The third-order valence-corrected chi connectivity index (χ3v) is 4.78. The predicted molar refractivity (Wildman–Crippen MR) is 110 cm³/mol. The molecule has 140 valence electrons. The van der Waals surface area contributed by atoms with Gasteiger partial charge in [0, 0.05) is 11.9 Å². The van der Waals surface area contributed by atoms with E-state index >= 15 is 0 Å². The molecular weight excluding hydrogens is 352 g/mol. The Morgan fingerprint density at radius 1 is 1.11 bits per heavy atom. The molecule has 28 heavy (non-hydrogen) atoms. The number of hydrogen-bond acceptors (Lipinski definition) is 3. The number of nitrogens with zero attached hydrogens (tertiary/aromatic N) is 2. The summed E-state index contributed by atoms with van der Waals surface area (Å²) in [6.45, 7) is 3.79. The summed E-state index contributed by atoms with van der Waals surface area (Å²) in [7, 11) is 0. The summed E-state index contributed by atoms with van der Waals surface area (Å²) < 4.78 is 1.68. The standard InChI is InChI=1S/C22H20N4O2/c1-3-15-9-7-8-12-18(15)24-22(28)17-13-23-21-19(20(17)27)14(2)25-26(21)16-10-5-4-6-11-16/h4-13H,3H2,1-2H3,(H,23,27)(H,24,28).